The Hall–Kier alpha value is -5.92. The Kier molecular flexibility index (Phi) is 9.50. The molecule has 9 nitrogen and oxygen atoms in total. The van der Waals surface area contributed by atoms with Gasteiger partial charge >= 0.3 is 5.97 Å². The first-order chi connectivity index (χ1) is 23.5. The smallest absolute Gasteiger partial charge is 0.338 e. The molecule has 1 atom stereocenters. The zero-order valence-electron chi connectivity index (χ0n) is 26.5. The minimum atomic E-state index is -0.827. The molecule has 1 aliphatic rings. The lowest BCUT2D eigenvalue weighted by Crippen LogP contribution is -2.40. The number of carbonyl (C=O) groups excluding carboxylic acids is 1. The molecule has 0 aliphatic carbocycles. The van der Waals surface area contributed by atoms with Crippen molar-refractivity contribution in [1.29, 1.82) is 5.26 Å². The largest absolute Gasteiger partial charge is 0.497 e. The monoisotopic (exact) mass is 657 g/mol. The molecule has 0 saturated carbocycles. The molecule has 48 heavy (non-hydrogen) atoms. The molecule has 2 heterocycles. The number of methoxy groups -OCH3 is 2. The second-order valence-corrected chi connectivity index (χ2v) is 11.7. The van der Waals surface area contributed by atoms with Gasteiger partial charge in [-0.15, -0.1) is 0 Å². The van der Waals surface area contributed by atoms with Gasteiger partial charge in [0.2, 0.25) is 0 Å². The molecule has 4 aromatic carbocycles. The zero-order valence-corrected chi connectivity index (χ0v) is 27.3. The van der Waals surface area contributed by atoms with Crippen molar-refractivity contribution in [1.82, 2.24) is 4.57 Å². The average Bonchev–Trinajstić information content (AvgIpc) is 3.44. The van der Waals surface area contributed by atoms with Crippen LogP contribution in [0.4, 0.5) is 0 Å². The quantitative estimate of drug-likeness (QED) is 0.185. The third-order valence-electron chi connectivity index (χ3n) is 7.83. The number of hydrogen-bond donors (Lipinski definition) is 0. The average molecular weight is 658 g/mol. The lowest BCUT2D eigenvalue weighted by atomic mass is 9.93. The van der Waals surface area contributed by atoms with Crippen LogP contribution in [0, 0.1) is 11.3 Å². The molecule has 0 amide bonds. The second kappa shape index (κ2) is 14.2. The number of esters is 1. The Morgan fingerprint density at radius 2 is 1.71 bits per heavy atom. The third-order valence-corrected chi connectivity index (χ3v) is 8.81. The molecule has 0 spiro atoms. The first kappa shape index (κ1) is 32.0. The molecule has 240 valence electrons. The van der Waals surface area contributed by atoms with Crippen LogP contribution in [0.1, 0.15) is 40.8 Å². The molecule has 0 bridgehead atoms. The van der Waals surface area contributed by atoms with Crippen LogP contribution in [0.3, 0.4) is 0 Å². The predicted octanol–water partition coefficient (Wildman–Crippen LogP) is 5.40. The fourth-order valence-electron chi connectivity index (χ4n) is 5.55. The first-order valence-corrected chi connectivity index (χ1v) is 16.0. The van der Waals surface area contributed by atoms with E-state index in [-0.39, 0.29) is 24.3 Å². The number of thiazole rings is 1. The summed E-state index contributed by atoms with van der Waals surface area (Å²) < 4.78 is 24.7. The van der Waals surface area contributed by atoms with E-state index in [0.717, 1.165) is 11.1 Å². The van der Waals surface area contributed by atoms with E-state index in [2.05, 4.69) is 6.07 Å². The highest BCUT2D eigenvalue weighted by molar-refractivity contribution is 7.07. The fourth-order valence-corrected chi connectivity index (χ4v) is 6.54. The molecule has 0 saturated heterocycles. The van der Waals surface area contributed by atoms with Crippen LogP contribution in [-0.4, -0.2) is 31.4 Å². The molecule has 6 rings (SSSR count). The summed E-state index contributed by atoms with van der Waals surface area (Å²) in [5, 5.41) is 9.56. The molecule has 1 aromatic heterocycles. The van der Waals surface area contributed by atoms with Crippen molar-refractivity contribution in [2.24, 2.45) is 4.99 Å². The molecule has 5 aromatic rings. The van der Waals surface area contributed by atoms with Gasteiger partial charge in [-0.2, -0.15) is 5.26 Å². The van der Waals surface area contributed by atoms with Crippen LogP contribution in [0.15, 0.2) is 112 Å². The normalized spacial score (nSPS) is 14.0. The molecule has 10 heteroatoms. The van der Waals surface area contributed by atoms with Gasteiger partial charge in [-0.3, -0.25) is 9.36 Å². The Morgan fingerprint density at radius 3 is 2.42 bits per heavy atom. The number of aromatic nitrogens is 1. The van der Waals surface area contributed by atoms with E-state index >= 15 is 0 Å². The minimum absolute atomic E-state index is 0.118. The Balaban J connectivity index is 1.55. The Morgan fingerprint density at radius 1 is 0.958 bits per heavy atom. The summed E-state index contributed by atoms with van der Waals surface area (Å²) in [5.41, 5.74) is 3.59. The number of rotatable bonds is 10. The van der Waals surface area contributed by atoms with Crippen molar-refractivity contribution in [3.05, 3.63) is 150 Å². The van der Waals surface area contributed by atoms with E-state index in [1.807, 2.05) is 66.7 Å². The SMILES string of the molecule is CCOC(=O)C1=C(c2ccccc2)N=c2s/c(=C\c3cccc(OC)c3OCc3ccccc3C#N)c(=O)n2[C@@H]1c1ccc(OC)cc1. The lowest BCUT2D eigenvalue weighted by Gasteiger charge is -2.26. The summed E-state index contributed by atoms with van der Waals surface area (Å²) in [5.74, 6) is 0.968. The fraction of sp³-hybridized carbons (Fsp3) is 0.158. The predicted molar refractivity (Wildman–Crippen MR) is 183 cm³/mol. The molecule has 0 unspecified atom stereocenters. The third kappa shape index (κ3) is 6.24. The summed E-state index contributed by atoms with van der Waals surface area (Å²) in [4.78, 5) is 33.5. The summed E-state index contributed by atoms with van der Waals surface area (Å²) >= 11 is 1.21. The summed E-state index contributed by atoms with van der Waals surface area (Å²) in [7, 11) is 3.12. The number of nitriles is 1. The highest BCUT2D eigenvalue weighted by Crippen LogP contribution is 2.36. The summed E-state index contributed by atoms with van der Waals surface area (Å²) in [6, 6.07) is 30.6. The Bertz CT molecular complexity index is 2230. The van der Waals surface area contributed by atoms with Gasteiger partial charge in [-0.05, 0) is 42.8 Å². The van der Waals surface area contributed by atoms with Gasteiger partial charge in [-0.25, -0.2) is 9.79 Å². The summed E-state index contributed by atoms with van der Waals surface area (Å²) in [6.45, 7) is 2.01. The number of fused-ring (bicyclic) bond motifs is 1. The van der Waals surface area contributed by atoms with Crippen molar-refractivity contribution >= 4 is 29.1 Å². The number of carbonyl (C=O) groups is 1. The molecule has 0 radical (unpaired) electrons. The van der Waals surface area contributed by atoms with Gasteiger partial charge in [0.05, 0.1) is 54.3 Å². The van der Waals surface area contributed by atoms with Crippen LogP contribution in [0.5, 0.6) is 17.2 Å². The maximum Gasteiger partial charge on any atom is 0.338 e. The number of para-hydroxylation sites is 1. The van der Waals surface area contributed by atoms with E-state index in [1.165, 1.54) is 11.3 Å². The van der Waals surface area contributed by atoms with Gasteiger partial charge in [0.15, 0.2) is 16.3 Å². The van der Waals surface area contributed by atoms with E-state index < -0.39 is 12.0 Å². The van der Waals surface area contributed by atoms with Crippen molar-refractivity contribution in [2.75, 3.05) is 20.8 Å². The van der Waals surface area contributed by atoms with Crippen molar-refractivity contribution in [3.63, 3.8) is 0 Å². The molecule has 0 fully saturated rings. The minimum Gasteiger partial charge on any atom is -0.497 e. The van der Waals surface area contributed by atoms with E-state index in [0.29, 0.717) is 49.0 Å². The van der Waals surface area contributed by atoms with Gasteiger partial charge < -0.3 is 18.9 Å². The van der Waals surface area contributed by atoms with Gasteiger partial charge in [0.1, 0.15) is 12.4 Å². The van der Waals surface area contributed by atoms with Crippen molar-refractivity contribution in [3.8, 4) is 23.3 Å². The van der Waals surface area contributed by atoms with Gasteiger partial charge in [0, 0.05) is 16.7 Å². The van der Waals surface area contributed by atoms with Crippen LogP contribution in [0.2, 0.25) is 0 Å². The number of benzene rings is 4. The number of ether oxygens (including phenoxy) is 4. The van der Waals surface area contributed by atoms with Crippen molar-refractivity contribution in [2.45, 2.75) is 19.6 Å². The van der Waals surface area contributed by atoms with Gasteiger partial charge in [0.25, 0.3) is 5.56 Å². The van der Waals surface area contributed by atoms with E-state index in [9.17, 15) is 14.9 Å². The molecule has 0 N–H and O–H groups in total. The van der Waals surface area contributed by atoms with Crippen LogP contribution < -0.4 is 29.1 Å². The van der Waals surface area contributed by atoms with Crippen LogP contribution >= 0.6 is 11.3 Å². The van der Waals surface area contributed by atoms with Crippen LogP contribution in [0.25, 0.3) is 11.8 Å². The van der Waals surface area contributed by atoms with Crippen LogP contribution in [-0.2, 0) is 16.1 Å². The van der Waals surface area contributed by atoms with E-state index in [4.69, 9.17) is 23.9 Å². The van der Waals surface area contributed by atoms with E-state index in [1.54, 1.807) is 62.1 Å². The van der Waals surface area contributed by atoms with Crippen molar-refractivity contribution < 1.29 is 23.7 Å². The first-order valence-electron chi connectivity index (χ1n) is 15.2. The highest BCUT2D eigenvalue weighted by Gasteiger charge is 2.35. The summed E-state index contributed by atoms with van der Waals surface area (Å²) in [6.07, 6.45) is 1.74. The standard InChI is InChI=1S/C38H31N3O6S/c1-4-46-37(43)32-33(24-11-6-5-7-12-24)40-38-41(34(32)25-17-19-29(44-2)20-18-25)36(42)31(48-38)21-26-15-10-16-30(45-3)35(26)47-23-28-14-9-8-13-27(28)22-39/h5-21,34H,4,23H2,1-3H3/b31-21-/t34-/m1/s1. The van der Waals surface area contributed by atoms with Gasteiger partial charge in [-0.1, -0.05) is 84.1 Å². The second-order valence-electron chi connectivity index (χ2n) is 10.6. The zero-order chi connectivity index (χ0) is 33.6. The molecular weight excluding hydrogens is 627 g/mol. The maximum atomic E-state index is 14.4. The molecular formula is C38H31N3O6S. The number of nitrogens with zero attached hydrogens (tertiary/aromatic N) is 3. The molecule has 1 aliphatic heterocycles. The Labute approximate surface area is 280 Å². The maximum absolute atomic E-state index is 14.4. The number of hydrogen-bond acceptors (Lipinski definition) is 9. The highest BCUT2D eigenvalue weighted by atomic mass is 32.1. The lowest BCUT2D eigenvalue weighted by molar-refractivity contribution is -0.138. The topological polar surface area (TPSA) is 112 Å².